The Labute approximate surface area is 154 Å². The van der Waals surface area contributed by atoms with E-state index in [1.807, 2.05) is 37.3 Å². The number of aryl methyl sites for hydroxylation is 1. The third kappa shape index (κ3) is 4.15. The Balaban J connectivity index is 1.70. The maximum absolute atomic E-state index is 12.5. The number of thiazole rings is 1. The van der Waals surface area contributed by atoms with Gasteiger partial charge in [-0.25, -0.2) is 9.97 Å². The average molecular weight is 374 g/mol. The lowest BCUT2D eigenvalue weighted by Gasteiger charge is -2.05. The Kier molecular flexibility index (Phi) is 5.31. The SMILES string of the molecule is COc1ccc(CNC(=O)c2sc(-c3ccc(Cl)cc3)nc2C)cn1. The molecule has 1 aromatic carbocycles. The van der Waals surface area contributed by atoms with Crippen LogP contribution in [-0.4, -0.2) is 23.0 Å². The van der Waals surface area contributed by atoms with Gasteiger partial charge in [-0.1, -0.05) is 29.8 Å². The molecule has 2 aromatic heterocycles. The minimum atomic E-state index is -0.147. The van der Waals surface area contributed by atoms with E-state index in [9.17, 15) is 4.79 Å². The second-order valence-electron chi connectivity index (χ2n) is 5.33. The number of carbonyl (C=O) groups excluding carboxylic acids is 1. The van der Waals surface area contributed by atoms with Crippen LogP contribution in [0.4, 0.5) is 0 Å². The lowest BCUT2D eigenvalue weighted by Crippen LogP contribution is -2.22. The van der Waals surface area contributed by atoms with Crippen LogP contribution in [-0.2, 0) is 6.54 Å². The Morgan fingerprint density at radius 1 is 1.24 bits per heavy atom. The summed E-state index contributed by atoms with van der Waals surface area (Å²) in [6.07, 6.45) is 1.68. The zero-order valence-corrected chi connectivity index (χ0v) is 15.3. The van der Waals surface area contributed by atoms with Crippen LogP contribution in [0, 0.1) is 6.92 Å². The summed E-state index contributed by atoms with van der Waals surface area (Å²) in [6.45, 7) is 2.23. The van der Waals surface area contributed by atoms with Crippen LogP contribution in [0.1, 0.15) is 20.9 Å². The molecular formula is C18H16ClN3O2S. The summed E-state index contributed by atoms with van der Waals surface area (Å²) in [5.74, 6) is 0.395. The number of amides is 1. The van der Waals surface area contributed by atoms with E-state index in [4.69, 9.17) is 16.3 Å². The molecule has 0 aliphatic heterocycles. The van der Waals surface area contributed by atoms with Gasteiger partial charge < -0.3 is 10.1 Å². The molecule has 0 saturated heterocycles. The van der Waals surface area contributed by atoms with E-state index in [1.54, 1.807) is 19.4 Å². The molecule has 0 spiro atoms. The number of hydrogen-bond acceptors (Lipinski definition) is 5. The molecule has 0 aliphatic carbocycles. The zero-order chi connectivity index (χ0) is 17.8. The number of pyridine rings is 1. The molecule has 0 unspecified atom stereocenters. The Bertz CT molecular complexity index is 876. The summed E-state index contributed by atoms with van der Waals surface area (Å²) in [5, 5.41) is 4.36. The maximum atomic E-state index is 12.5. The van der Waals surface area contributed by atoms with E-state index < -0.39 is 0 Å². The van der Waals surface area contributed by atoms with Gasteiger partial charge in [0.05, 0.1) is 12.8 Å². The highest BCUT2D eigenvalue weighted by Gasteiger charge is 2.16. The van der Waals surface area contributed by atoms with Gasteiger partial charge in [-0.2, -0.15) is 0 Å². The van der Waals surface area contributed by atoms with Crippen LogP contribution in [0.3, 0.4) is 0 Å². The third-order valence-electron chi connectivity index (χ3n) is 3.55. The molecule has 128 valence electrons. The molecule has 3 aromatic rings. The smallest absolute Gasteiger partial charge is 0.263 e. The van der Waals surface area contributed by atoms with Crippen LogP contribution < -0.4 is 10.1 Å². The topological polar surface area (TPSA) is 64.1 Å². The predicted molar refractivity (Wildman–Crippen MR) is 99.3 cm³/mol. The quantitative estimate of drug-likeness (QED) is 0.731. The molecule has 0 saturated carbocycles. The van der Waals surface area contributed by atoms with Gasteiger partial charge in [-0.15, -0.1) is 11.3 Å². The lowest BCUT2D eigenvalue weighted by molar-refractivity contribution is 0.0954. The molecule has 25 heavy (non-hydrogen) atoms. The summed E-state index contributed by atoms with van der Waals surface area (Å²) in [7, 11) is 1.56. The van der Waals surface area contributed by atoms with Crippen LogP contribution in [0.25, 0.3) is 10.6 Å². The van der Waals surface area contributed by atoms with Gasteiger partial charge in [0.2, 0.25) is 5.88 Å². The number of ether oxygens (including phenoxy) is 1. The fourth-order valence-electron chi connectivity index (χ4n) is 2.22. The molecule has 0 fully saturated rings. The van der Waals surface area contributed by atoms with Crippen molar-refractivity contribution in [2.75, 3.05) is 7.11 Å². The molecule has 7 heteroatoms. The van der Waals surface area contributed by atoms with E-state index in [0.29, 0.717) is 28.0 Å². The molecule has 1 N–H and O–H groups in total. The highest BCUT2D eigenvalue weighted by Crippen LogP contribution is 2.28. The summed E-state index contributed by atoms with van der Waals surface area (Å²) < 4.78 is 5.02. The first-order chi connectivity index (χ1) is 12.1. The van der Waals surface area contributed by atoms with Crippen molar-refractivity contribution >= 4 is 28.8 Å². The Morgan fingerprint density at radius 2 is 2.00 bits per heavy atom. The van der Waals surface area contributed by atoms with E-state index in [2.05, 4.69) is 15.3 Å². The van der Waals surface area contributed by atoms with E-state index in [0.717, 1.165) is 16.1 Å². The molecule has 0 radical (unpaired) electrons. The van der Waals surface area contributed by atoms with Crippen molar-refractivity contribution in [3.05, 3.63) is 63.8 Å². The number of methoxy groups -OCH3 is 1. The standard InChI is InChI=1S/C18H16ClN3O2S/c1-11-16(25-18(22-11)13-4-6-14(19)7-5-13)17(23)21-10-12-3-8-15(24-2)20-9-12/h3-9H,10H2,1-2H3,(H,21,23). The highest BCUT2D eigenvalue weighted by atomic mass is 35.5. The number of rotatable bonds is 5. The predicted octanol–water partition coefficient (Wildman–Crippen LogP) is 4.11. The fourth-order valence-corrected chi connectivity index (χ4v) is 3.34. The zero-order valence-electron chi connectivity index (χ0n) is 13.7. The number of nitrogens with one attached hydrogen (secondary N) is 1. The summed E-state index contributed by atoms with van der Waals surface area (Å²) in [4.78, 5) is 21.7. The van der Waals surface area contributed by atoms with Crippen molar-refractivity contribution in [3.63, 3.8) is 0 Å². The van der Waals surface area contributed by atoms with Gasteiger partial charge in [-0.05, 0) is 24.6 Å². The third-order valence-corrected chi connectivity index (χ3v) is 5.01. The minimum absolute atomic E-state index is 0.147. The molecule has 1 amide bonds. The number of halogens is 1. The van der Waals surface area contributed by atoms with Crippen LogP contribution in [0.2, 0.25) is 5.02 Å². The van der Waals surface area contributed by atoms with E-state index in [1.165, 1.54) is 11.3 Å². The van der Waals surface area contributed by atoms with E-state index >= 15 is 0 Å². The number of benzene rings is 1. The van der Waals surface area contributed by atoms with Crippen molar-refractivity contribution in [3.8, 4) is 16.5 Å². The molecule has 2 heterocycles. The Hall–Kier alpha value is -2.44. The van der Waals surface area contributed by atoms with Gasteiger partial charge in [0.15, 0.2) is 0 Å². The lowest BCUT2D eigenvalue weighted by atomic mass is 10.2. The van der Waals surface area contributed by atoms with Gasteiger partial charge in [0, 0.05) is 29.4 Å². The number of carbonyl (C=O) groups is 1. The van der Waals surface area contributed by atoms with Crippen molar-refractivity contribution in [1.82, 2.24) is 15.3 Å². The van der Waals surface area contributed by atoms with Crippen molar-refractivity contribution in [1.29, 1.82) is 0 Å². The second-order valence-corrected chi connectivity index (χ2v) is 6.77. The van der Waals surface area contributed by atoms with Crippen LogP contribution in [0.5, 0.6) is 5.88 Å². The largest absolute Gasteiger partial charge is 0.481 e. The van der Waals surface area contributed by atoms with Crippen LogP contribution in [0.15, 0.2) is 42.6 Å². The highest BCUT2D eigenvalue weighted by molar-refractivity contribution is 7.17. The fraction of sp³-hybridized carbons (Fsp3) is 0.167. The van der Waals surface area contributed by atoms with Crippen molar-refractivity contribution in [2.24, 2.45) is 0 Å². The molecule has 0 aliphatic rings. The van der Waals surface area contributed by atoms with Crippen molar-refractivity contribution in [2.45, 2.75) is 13.5 Å². The number of hydrogen-bond donors (Lipinski definition) is 1. The normalized spacial score (nSPS) is 10.5. The van der Waals surface area contributed by atoms with Gasteiger partial charge in [0.1, 0.15) is 9.88 Å². The van der Waals surface area contributed by atoms with Crippen molar-refractivity contribution < 1.29 is 9.53 Å². The average Bonchev–Trinajstić information content (AvgIpc) is 3.02. The molecule has 0 bridgehead atoms. The molecule has 5 nitrogen and oxygen atoms in total. The summed E-state index contributed by atoms with van der Waals surface area (Å²) in [6, 6.07) is 11.0. The first kappa shape index (κ1) is 17.4. The first-order valence-electron chi connectivity index (χ1n) is 7.57. The van der Waals surface area contributed by atoms with Gasteiger partial charge in [-0.3, -0.25) is 4.79 Å². The summed E-state index contributed by atoms with van der Waals surface area (Å²) in [5.41, 5.74) is 2.55. The minimum Gasteiger partial charge on any atom is -0.481 e. The Morgan fingerprint density at radius 3 is 2.64 bits per heavy atom. The maximum Gasteiger partial charge on any atom is 0.263 e. The van der Waals surface area contributed by atoms with E-state index in [-0.39, 0.29) is 5.91 Å². The monoisotopic (exact) mass is 373 g/mol. The molecular weight excluding hydrogens is 358 g/mol. The van der Waals surface area contributed by atoms with Gasteiger partial charge >= 0.3 is 0 Å². The number of aromatic nitrogens is 2. The summed E-state index contributed by atoms with van der Waals surface area (Å²) >= 11 is 7.28. The van der Waals surface area contributed by atoms with Gasteiger partial charge in [0.25, 0.3) is 5.91 Å². The molecule has 0 atom stereocenters. The first-order valence-corrected chi connectivity index (χ1v) is 8.77. The second kappa shape index (κ2) is 7.63. The van der Waals surface area contributed by atoms with Crippen LogP contribution >= 0.6 is 22.9 Å². The molecule has 3 rings (SSSR count). The number of nitrogens with zero attached hydrogens (tertiary/aromatic N) is 2.